The van der Waals surface area contributed by atoms with E-state index in [-0.39, 0.29) is 63.0 Å². The van der Waals surface area contributed by atoms with Crippen LogP contribution in [0.3, 0.4) is 0 Å². The molecule has 0 radical (unpaired) electrons. The van der Waals surface area contributed by atoms with Crippen molar-refractivity contribution in [3.05, 3.63) is 182 Å². The van der Waals surface area contributed by atoms with E-state index in [1.165, 1.54) is 0 Å². The van der Waals surface area contributed by atoms with Gasteiger partial charge in [-0.2, -0.15) is 29.3 Å². The van der Waals surface area contributed by atoms with E-state index in [4.69, 9.17) is 6.57 Å². The van der Waals surface area contributed by atoms with Crippen LogP contribution in [-0.4, -0.2) is 23.4 Å². The first-order valence-electron chi connectivity index (χ1n) is 21.1. The second-order valence-corrected chi connectivity index (χ2v) is 17.4. The predicted molar refractivity (Wildman–Crippen MR) is 234 cm³/mol. The van der Waals surface area contributed by atoms with Gasteiger partial charge >= 0.3 is 0 Å². The van der Waals surface area contributed by atoms with Gasteiger partial charge in [0.15, 0.2) is 52.4 Å². The number of aliphatic imine (C=N–C) groups is 1. The SMILES string of the molecule is CCCCC([C-]=NC(C)(C)C)=C1C(CCCC)=C1[B-](c1c(F)c(F)c(F)c(F)c1F)(c1c(F)c(F)c(F)c(F)c1F)c1c(F)c(F)c(F)c(F)c1F.[C-]#[N+]C(C)(C)C.[Zr].[cH-]1[cH-][cH-][cH-][cH-]1.c1cc[cH-]c1. The molecule has 0 aliphatic heterocycles. The van der Waals surface area contributed by atoms with Gasteiger partial charge < -0.3 is 40.2 Å². The van der Waals surface area contributed by atoms with E-state index in [0.29, 0.717) is 6.42 Å². The molecule has 6 rings (SSSR count). The number of nitrogens with zero attached hydrogens (tertiary/aromatic N) is 2. The van der Waals surface area contributed by atoms with Gasteiger partial charge in [-0.1, -0.05) is 46.0 Å². The number of rotatable bonds is 11. The zero-order valence-electron chi connectivity index (χ0n) is 38.7. The molecule has 0 heterocycles. The van der Waals surface area contributed by atoms with E-state index in [0.717, 1.165) is 0 Å². The number of hydrogen-bond donors (Lipinski definition) is 0. The van der Waals surface area contributed by atoms with Crippen molar-refractivity contribution in [2.24, 2.45) is 4.99 Å². The van der Waals surface area contributed by atoms with Crippen molar-refractivity contribution in [2.75, 3.05) is 0 Å². The van der Waals surface area contributed by atoms with Crippen LogP contribution in [0.25, 0.3) is 4.85 Å². The third-order valence-corrected chi connectivity index (χ3v) is 10.1. The number of hydrogen-bond acceptors (Lipinski definition) is 1. The Morgan fingerprint density at radius 2 is 0.855 bits per heavy atom. The van der Waals surface area contributed by atoms with E-state index in [1.807, 2.05) is 81.4 Å². The van der Waals surface area contributed by atoms with Crippen molar-refractivity contribution in [3.8, 4) is 0 Å². The van der Waals surface area contributed by atoms with Gasteiger partial charge in [0.25, 0.3) is 0 Å². The van der Waals surface area contributed by atoms with E-state index in [2.05, 4.69) is 16.1 Å². The van der Waals surface area contributed by atoms with Crippen molar-refractivity contribution < 1.29 is 92.1 Å². The maximum absolute atomic E-state index is 16.2. The Labute approximate surface area is 410 Å². The van der Waals surface area contributed by atoms with Crippen LogP contribution < -0.4 is 16.4 Å². The molecule has 0 saturated heterocycles. The molecule has 376 valence electrons. The van der Waals surface area contributed by atoms with Crippen molar-refractivity contribution in [3.63, 3.8) is 0 Å². The summed E-state index contributed by atoms with van der Waals surface area (Å²) in [5.41, 5.74) is -11.4. The zero-order valence-corrected chi connectivity index (χ0v) is 41.1. The van der Waals surface area contributed by atoms with Crippen molar-refractivity contribution in [1.82, 2.24) is 0 Å². The monoisotopic (exact) mass is 1060 g/mol. The maximum atomic E-state index is 16.2. The fourth-order valence-electron chi connectivity index (χ4n) is 7.02. The molecule has 0 saturated carbocycles. The standard InChI is InChI=1S/C35H27BF15N.C5H9N.2C5H5.Zr/c1-6-8-10-13(12-52-35(3,4)5)15-14(11-9-7-2)16(15)36(17-20(37)26(43)32(49)27(44)21(17)38,18-22(39)28(45)33(50)29(46)23(18)40)19-24(41)30(47)34(51)31(48)25(19)42;1-5(2,3)6-4;2*1-2-4-5-3-1;/h6-11H2,1-5H3;1-3H3;2*1-5H;/q-2;;-5;-1;. The largest absolute Gasteiger partial charge is 0.748 e. The average molecular weight is 1060 g/mol. The molecule has 5 aromatic carbocycles. The molecule has 0 amide bonds. The fourth-order valence-corrected chi connectivity index (χ4v) is 7.02. The Kier molecular flexibility index (Phi) is 21.9. The third kappa shape index (κ3) is 13.4. The average Bonchev–Trinajstić information content (AvgIpc) is 3.74. The van der Waals surface area contributed by atoms with Gasteiger partial charge in [0.2, 0.25) is 5.54 Å². The molecular formula is C50H46BF15N2Zr-8. The first kappa shape index (κ1) is 60.0. The van der Waals surface area contributed by atoms with Gasteiger partial charge in [-0.3, -0.25) is 5.47 Å². The first-order valence-corrected chi connectivity index (χ1v) is 21.1. The number of unbranched alkanes of at least 4 members (excludes halogenated alkanes) is 2. The smallest absolute Gasteiger partial charge is 0.224 e. The van der Waals surface area contributed by atoms with Crippen LogP contribution in [0.2, 0.25) is 0 Å². The third-order valence-electron chi connectivity index (χ3n) is 10.1. The molecule has 0 N–H and O–H groups in total. The Morgan fingerprint density at radius 1 is 0.551 bits per heavy atom. The van der Waals surface area contributed by atoms with Crippen molar-refractivity contribution in [2.45, 2.75) is 105 Å². The van der Waals surface area contributed by atoms with Gasteiger partial charge in [0.05, 0.1) is 0 Å². The molecule has 0 bridgehead atoms. The van der Waals surface area contributed by atoms with E-state index < -0.39 is 138 Å². The van der Waals surface area contributed by atoms with Crippen LogP contribution in [0.15, 0.2) is 87.8 Å². The predicted octanol–water partition coefficient (Wildman–Crippen LogP) is 14.0. The van der Waals surface area contributed by atoms with Crippen LogP contribution in [0.5, 0.6) is 0 Å². The molecule has 0 unspecified atom stereocenters. The molecule has 0 aromatic heterocycles. The minimum absolute atomic E-state index is 0. The van der Waals surface area contributed by atoms with Gasteiger partial charge in [-0.25, -0.2) is 90.1 Å². The van der Waals surface area contributed by atoms with E-state index in [9.17, 15) is 13.2 Å². The van der Waals surface area contributed by atoms with Crippen molar-refractivity contribution in [1.29, 1.82) is 0 Å². The minimum atomic E-state index is -5.83. The zero-order chi connectivity index (χ0) is 51.6. The van der Waals surface area contributed by atoms with Crippen LogP contribution in [0.4, 0.5) is 65.9 Å². The summed E-state index contributed by atoms with van der Waals surface area (Å²) in [5.74, 6) is -45.2. The summed E-state index contributed by atoms with van der Waals surface area (Å²) >= 11 is 0. The molecule has 1 aliphatic carbocycles. The fraction of sp³-hybridized carbons (Fsp3) is 0.320. The topological polar surface area (TPSA) is 16.7 Å². The number of halogens is 15. The Balaban J connectivity index is 0.000000810. The van der Waals surface area contributed by atoms with Crippen LogP contribution in [-0.2, 0) is 26.2 Å². The molecule has 0 fully saturated rings. The Bertz CT molecular complexity index is 2370. The summed E-state index contributed by atoms with van der Waals surface area (Å²) in [4.78, 5) is 7.44. The van der Waals surface area contributed by atoms with Crippen molar-refractivity contribution >= 4 is 28.7 Å². The Hall–Kier alpha value is -5.10. The van der Waals surface area contributed by atoms with Crippen LogP contribution >= 0.6 is 0 Å². The first-order chi connectivity index (χ1) is 31.7. The molecule has 0 atom stereocenters. The van der Waals surface area contributed by atoms with Gasteiger partial charge in [0.1, 0.15) is 41.0 Å². The normalized spacial score (nSPS) is 13.1. The quantitative estimate of drug-likeness (QED) is 0.0313. The summed E-state index contributed by atoms with van der Waals surface area (Å²) in [6.07, 6.45) is -3.06. The van der Waals surface area contributed by atoms with Gasteiger partial charge in [0, 0.05) is 52.5 Å². The number of allylic oxidation sites excluding steroid dienone is 4. The molecule has 19 heteroatoms. The van der Waals surface area contributed by atoms with E-state index >= 15 is 52.7 Å². The second kappa shape index (κ2) is 25.1. The molecule has 0 spiro atoms. The van der Waals surface area contributed by atoms with Gasteiger partial charge in [-0.05, 0) is 27.2 Å². The van der Waals surface area contributed by atoms with Gasteiger partial charge in [-0.15, -0.1) is 22.6 Å². The summed E-state index contributed by atoms with van der Waals surface area (Å²) in [5, 5.41) is 0. The molecule has 5 aromatic rings. The number of benzene rings is 3. The summed E-state index contributed by atoms with van der Waals surface area (Å²) < 4.78 is 231. The minimum Gasteiger partial charge on any atom is -0.748 e. The Morgan fingerprint density at radius 3 is 1.10 bits per heavy atom. The molecule has 1 aliphatic rings. The summed E-state index contributed by atoms with van der Waals surface area (Å²) in [7, 11) is 0. The maximum Gasteiger partial charge on any atom is 0.224 e. The summed E-state index contributed by atoms with van der Waals surface area (Å²) in [6, 6.07) is 20.0. The van der Waals surface area contributed by atoms with Crippen LogP contribution in [0.1, 0.15) is 93.9 Å². The van der Waals surface area contributed by atoms with Crippen LogP contribution in [0, 0.1) is 93.8 Å². The second-order valence-electron chi connectivity index (χ2n) is 17.4. The molecule has 69 heavy (non-hydrogen) atoms. The summed E-state index contributed by atoms with van der Waals surface area (Å²) in [6.45, 7) is 20.0. The van der Waals surface area contributed by atoms with E-state index in [1.54, 1.807) is 34.6 Å². The molecule has 2 nitrogen and oxygen atoms in total. The molecular weight excluding hydrogens is 1020 g/mol.